The van der Waals surface area contributed by atoms with E-state index < -0.39 is 0 Å². The third-order valence-electron chi connectivity index (χ3n) is 6.24. The van der Waals surface area contributed by atoms with E-state index in [9.17, 15) is 9.59 Å². The van der Waals surface area contributed by atoms with E-state index in [-0.39, 0.29) is 23.8 Å². The van der Waals surface area contributed by atoms with Gasteiger partial charge in [0.25, 0.3) is 5.91 Å². The van der Waals surface area contributed by atoms with Crippen molar-refractivity contribution in [1.82, 2.24) is 5.32 Å². The van der Waals surface area contributed by atoms with Gasteiger partial charge in [0, 0.05) is 24.2 Å². The Morgan fingerprint density at radius 1 is 1.00 bits per heavy atom. The molecule has 0 heterocycles. The number of amides is 2. The highest BCUT2D eigenvalue weighted by Crippen LogP contribution is 2.31. The molecule has 5 nitrogen and oxygen atoms in total. The van der Waals surface area contributed by atoms with Gasteiger partial charge >= 0.3 is 0 Å². The summed E-state index contributed by atoms with van der Waals surface area (Å²) in [5.41, 5.74) is 12.3. The normalized spacial score (nSPS) is 15.0. The summed E-state index contributed by atoms with van der Waals surface area (Å²) in [4.78, 5) is 25.9. The molecule has 0 aliphatic heterocycles. The van der Waals surface area contributed by atoms with E-state index in [1.165, 1.54) is 11.1 Å². The van der Waals surface area contributed by atoms with Gasteiger partial charge in [-0.3, -0.25) is 9.59 Å². The van der Waals surface area contributed by atoms with Crippen LogP contribution in [0.3, 0.4) is 0 Å². The molecule has 0 saturated heterocycles. The summed E-state index contributed by atoms with van der Waals surface area (Å²) in [6, 6.07) is 21.8. The molecule has 0 bridgehead atoms. The van der Waals surface area contributed by atoms with Gasteiger partial charge in [0.05, 0.1) is 6.04 Å². The molecule has 0 fully saturated rings. The van der Waals surface area contributed by atoms with Crippen LogP contribution in [0.15, 0.2) is 66.7 Å². The highest BCUT2D eigenvalue weighted by atomic mass is 16.2. The summed E-state index contributed by atoms with van der Waals surface area (Å²) >= 11 is 0. The first-order chi connectivity index (χ1) is 16.4. The summed E-state index contributed by atoms with van der Waals surface area (Å²) in [5.74, 6) is 0.0480. The van der Waals surface area contributed by atoms with Crippen molar-refractivity contribution < 1.29 is 9.59 Å². The zero-order chi connectivity index (χ0) is 24.1. The van der Waals surface area contributed by atoms with E-state index in [1.54, 1.807) is 6.07 Å². The van der Waals surface area contributed by atoms with Gasteiger partial charge in [-0.2, -0.15) is 0 Å². The number of rotatable bonds is 7. The second-order valence-corrected chi connectivity index (χ2v) is 9.47. The highest BCUT2D eigenvalue weighted by Gasteiger charge is 2.22. The molecule has 1 aliphatic carbocycles. The number of carbonyl (C=O) groups is 2. The molecule has 1 atom stereocenters. The van der Waals surface area contributed by atoms with Gasteiger partial charge in [-0.15, -0.1) is 0 Å². The molecule has 0 aromatic heterocycles. The van der Waals surface area contributed by atoms with Gasteiger partial charge in [-0.1, -0.05) is 56.3 Å². The first-order valence-electron chi connectivity index (χ1n) is 12.1. The molecule has 176 valence electrons. The second kappa shape index (κ2) is 10.7. The number of hydrogen-bond acceptors (Lipinski definition) is 3. The lowest BCUT2D eigenvalue weighted by Crippen LogP contribution is -2.31. The number of nitrogens with two attached hydrogens (primary N) is 1. The Kier molecular flexibility index (Phi) is 7.43. The molecule has 2 amide bonds. The maximum Gasteiger partial charge on any atom is 0.251 e. The summed E-state index contributed by atoms with van der Waals surface area (Å²) in [5, 5.41) is 6.22. The lowest BCUT2D eigenvalue weighted by molar-refractivity contribution is -0.116. The number of anilines is 1. The maximum atomic E-state index is 13.4. The van der Waals surface area contributed by atoms with Crippen LogP contribution in [-0.2, 0) is 17.8 Å². The Morgan fingerprint density at radius 3 is 2.62 bits per heavy atom. The van der Waals surface area contributed by atoms with Crippen molar-refractivity contribution in [2.75, 3.05) is 5.32 Å². The summed E-state index contributed by atoms with van der Waals surface area (Å²) < 4.78 is 0. The van der Waals surface area contributed by atoms with Crippen LogP contribution < -0.4 is 16.4 Å². The Morgan fingerprint density at radius 2 is 1.82 bits per heavy atom. The fourth-order valence-electron chi connectivity index (χ4n) is 4.60. The molecular weight excluding hydrogens is 422 g/mol. The number of hydrogen-bond donors (Lipinski definition) is 3. The number of nitrogens with one attached hydrogen (secondary N) is 2. The van der Waals surface area contributed by atoms with E-state index >= 15 is 0 Å². The summed E-state index contributed by atoms with van der Waals surface area (Å²) in [7, 11) is 0. The standard InChI is InChI=1S/C29H33N3O2/c1-19(2)13-28(33)31-25-16-23(22-10-5-7-20(14-22)18-30)15-24(17-25)29(34)32-27-12-6-9-21-8-3-4-11-26(21)27/h3-5,7-8,10-11,14-17,19,27H,6,9,12-13,18,30H2,1-2H3,(H,31,33)(H,32,34)/t27-/m0/s1. The van der Waals surface area contributed by atoms with Crippen molar-refractivity contribution in [1.29, 1.82) is 0 Å². The highest BCUT2D eigenvalue weighted by molar-refractivity contribution is 5.99. The molecule has 4 rings (SSSR count). The third-order valence-corrected chi connectivity index (χ3v) is 6.24. The number of fused-ring (bicyclic) bond motifs is 1. The smallest absolute Gasteiger partial charge is 0.251 e. The quantitative estimate of drug-likeness (QED) is 0.433. The topological polar surface area (TPSA) is 84.2 Å². The minimum Gasteiger partial charge on any atom is -0.345 e. The zero-order valence-electron chi connectivity index (χ0n) is 19.9. The molecule has 3 aromatic rings. The lowest BCUT2D eigenvalue weighted by Gasteiger charge is -2.26. The molecule has 3 aromatic carbocycles. The Hall–Kier alpha value is -3.44. The predicted octanol–water partition coefficient (Wildman–Crippen LogP) is 5.60. The molecule has 0 radical (unpaired) electrons. The predicted molar refractivity (Wildman–Crippen MR) is 137 cm³/mol. The van der Waals surface area contributed by atoms with Crippen molar-refractivity contribution in [2.45, 2.75) is 52.1 Å². The largest absolute Gasteiger partial charge is 0.345 e. The molecule has 0 saturated carbocycles. The van der Waals surface area contributed by atoms with Gasteiger partial charge in [-0.25, -0.2) is 0 Å². The number of aryl methyl sites for hydroxylation is 1. The Balaban J connectivity index is 1.66. The van der Waals surface area contributed by atoms with Crippen molar-refractivity contribution in [3.05, 3.63) is 89.0 Å². The van der Waals surface area contributed by atoms with E-state index in [4.69, 9.17) is 5.73 Å². The van der Waals surface area contributed by atoms with Crippen LogP contribution in [0.25, 0.3) is 11.1 Å². The molecule has 4 N–H and O–H groups in total. The molecule has 0 spiro atoms. The van der Waals surface area contributed by atoms with E-state index in [1.807, 2.05) is 62.4 Å². The first-order valence-corrected chi connectivity index (χ1v) is 12.1. The van der Waals surface area contributed by atoms with E-state index in [2.05, 4.69) is 22.8 Å². The van der Waals surface area contributed by atoms with Crippen LogP contribution in [0, 0.1) is 5.92 Å². The number of benzene rings is 3. The molecule has 1 aliphatic rings. The maximum absolute atomic E-state index is 13.4. The van der Waals surface area contributed by atoms with Gasteiger partial charge in [0.1, 0.15) is 0 Å². The van der Waals surface area contributed by atoms with Crippen molar-refractivity contribution in [3.8, 4) is 11.1 Å². The zero-order valence-corrected chi connectivity index (χ0v) is 19.9. The molecule has 5 heteroatoms. The first kappa shape index (κ1) is 23.7. The van der Waals surface area contributed by atoms with Crippen molar-refractivity contribution in [3.63, 3.8) is 0 Å². The van der Waals surface area contributed by atoms with Crippen LogP contribution in [0.4, 0.5) is 5.69 Å². The molecule has 34 heavy (non-hydrogen) atoms. The summed E-state index contributed by atoms with van der Waals surface area (Å²) in [6.07, 6.45) is 3.43. The third kappa shape index (κ3) is 5.72. The van der Waals surface area contributed by atoms with Crippen molar-refractivity contribution in [2.24, 2.45) is 11.7 Å². The van der Waals surface area contributed by atoms with Crippen LogP contribution in [0.2, 0.25) is 0 Å². The van der Waals surface area contributed by atoms with Gasteiger partial charge in [0.15, 0.2) is 0 Å². The van der Waals surface area contributed by atoms with E-state index in [0.717, 1.165) is 36.0 Å². The number of carbonyl (C=O) groups excluding carboxylic acids is 2. The fourth-order valence-corrected chi connectivity index (χ4v) is 4.60. The average molecular weight is 456 g/mol. The Labute approximate surface area is 201 Å². The van der Waals surface area contributed by atoms with Crippen LogP contribution in [-0.4, -0.2) is 11.8 Å². The summed E-state index contributed by atoms with van der Waals surface area (Å²) in [6.45, 7) is 4.46. The molecular formula is C29H33N3O2. The van der Waals surface area contributed by atoms with Crippen LogP contribution >= 0.6 is 0 Å². The Bertz CT molecular complexity index is 1190. The minimum atomic E-state index is -0.141. The van der Waals surface area contributed by atoms with Crippen LogP contribution in [0.5, 0.6) is 0 Å². The SMILES string of the molecule is CC(C)CC(=O)Nc1cc(C(=O)N[C@H]2CCCc3ccccc32)cc(-c2cccc(CN)c2)c1. The molecule has 0 unspecified atom stereocenters. The second-order valence-electron chi connectivity index (χ2n) is 9.47. The monoisotopic (exact) mass is 455 g/mol. The fraction of sp³-hybridized carbons (Fsp3) is 0.310. The van der Waals surface area contributed by atoms with Gasteiger partial charge in [0.2, 0.25) is 5.91 Å². The van der Waals surface area contributed by atoms with Gasteiger partial charge in [-0.05, 0) is 77.3 Å². The van der Waals surface area contributed by atoms with Crippen LogP contribution in [0.1, 0.15) is 66.2 Å². The minimum absolute atomic E-state index is 0.0133. The lowest BCUT2D eigenvalue weighted by atomic mass is 9.87. The average Bonchev–Trinajstić information content (AvgIpc) is 2.83. The van der Waals surface area contributed by atoms with E-state index in [0.29, 0.717) is 24.2 Å². The van der Waals surface area contributed by atoms with Gasteiger partial charge < -0.3 is 16.4 Å². The van der Waals surface area contributed by atoms with Crippen molar-refractivity contribution >= 4 is 17.5 Å².